The Morgan fingerprint density at radius 1 is 1.05 bits per heavy atom. The third-order valence-electron chi connectivity index (χ3n) is 5.55. The molecule has 20 heavy (non-hydrogen) atoms. The van der Waals surface area contributed by atoms with Crippen LogP contribution in [0.2, 0.25) is 0 Å². The lowest BCUT2D eigenvalue weighted by atomic mass is 9.76. The highest BCUT2D eigenvalue weighted by molar-refractivity contribution is 4.93. The predicted molar refractivity (Wildman–Crippen MR) is 86.4 cm³/mol. The van der Waals surface area contributed by atoms with Gasteiger partial charge in [0.15, 0.2) is 0 Å². The Labute approximate surface area is 125 Å². The molecule has 3 N–H and O–H groups in total. The maximum atomic E-state index is 6.19. The lowest BCUT2D eigenvalue weighted by Gasteiger charge is -2.40. The van der Waals surface area contributed by atoms with Crippen LogP contribution in [-0.4, -0.2) is 30.2 Å². The van der Waals surface area contributed by atoms with Gasteiger partial charge in [-0.2, -0.15) is 0 Å². The third kappa shape index (κ3) is 4.19. The fraction of sp³-hybridized carbons (Fsp3) is 1.00. The summed E-state index contributed by atoms with van der Waals surface area (Å²) in [5.41, 5.74) is 10.6. The summed E-state index contributed by atoms with van der Waals surface area (Å²) in [6.07, 6.45) is 10.5. The highest BCUT2D eigenvalue weighted by atomic mass is 15.5. The Morgan fingerprint density at radius 2 is 1.75 bits per heavy atom. The predicted octanol–water partition coefficient (Wildman–Crippen LogP) is 3.30. The van der Waals surface area contributed by atoms with Crippen molar-refractivity contribution in [2.75, 3.05) is 19.6 Å². The minimum Gasteiger partial charge on any atom is -0.329 e. The molecule has 2 rings (SSSR count). The topological polar surface area (TPSA) is 41.3 Å². The van der Waals surface area contributed by atoms with Crippen LogP contribution < -0.4 is 11.2 Å². The van der Waals surface area contributed by atoms with E-state index in [1.54, 1.807) is 0 Å². The summed E-state index contributed by atoms with van der Waals surface area (Å²) in [6.45, 7) is 10.4. The number of piperidine rings is 1. The Morgan fingerprint density at radius 3 is 2.35 bits per heavy atom. The molecule has 0 radical (unpaired) electrons. The van der Waals surface area contributed by atoms with E-state index in [0.717, 1.165) is 12.5 Å². The molecule has 0 aromatic carbocycles. The van der Waals surface area contributed by atoms with Crippen LogP contribution >= 0.6 is 0 Å². The summed E-state index contributed by atoms with van der Waals surface area (Å²) in [5.74, 6) is 0.846. The van der Waals surface area contributed by atoms with E-state index >= 15 is 0 Å². The van der Waals surface area contributed by atoms with E-state index < -0.39 is 0 Å². The van der Waals surface area contributed by atoms with Gasteiger partial charge in [-0.1, -0.05) is 33.6 Å². The van der Waals surface area contributed by atoms with E-state index in [1.807, 2.05) is 0 Å². The van der Waals surface area contributed by atoms with Crippen LogP contribution in [0.3, 0.4) is 0 Å². The normalized spacial score (nSPS) is 33.9. The van der Waals surface area contributed by atoms with Crippen molar-refractivity contribution >= 4 is 0 Å². The molecule has 0 bridgehead atoms. The average molecular weight is 281 g/mol. The second-order valence-electron chi connectivity index (χ2n) is 8.14. The molecule has 0 aromatic heterocycles. The highest BCUT2D eigenvalue weighted by Crippen LogP contribution is 2.39. The van der Waals surface area contributed by atoms with Crippen molar-refractivity contribution in [3.05, 3.63) is 0 Å². The van der Waals surface area contributed by atoms with Gasteiger partial charge in [0, 0.05) is 25.2 Å². The Balaban J connectivity index is 1.96. The molecule has 2 aliphatic rings. The van der Waals surface area contributed by atoms with Gasteiger partial charge >= 0.3 is 0 Å². The summed E-state index contributed by atoms with van der Waals surface area (Å²) in [5, 5.41) is 2.45. The van der Waals surface area contributed by atoms with Crippen LogP contribution in [0.5, 0.6) is 0 Å². The Kier molecular flexibility index (Phi) is 5.49. The summed E-state index contributed by atoms with van der Waals surface area (Å²) in [7, 11) is 0. The lowest BCUT2D eigenvalue weighted by Crippen LogP contribution is -2.59. The summed E-state index contributed by atoms with van der Waals surface area (Å²) < 4.78 is 0. The van der Waals surface area contributed by atoms with Gasteiger partial charge in [0.25, 0.3) is 0 Å². The van der Waals surface area contributed by atoms with Crippen LogP contribution in [0.1, 0.15) is 72.1 Å². The van der Waals surface area contributed by atoms with Gasteiger partial charge in [-0.3, -0.25) is 0 Å². The Bertz CT molecular complexity index is 291. The Hall–Kier alpha value is -0.120. The first-order chi connectivity index (χ1) is 9.45. The van der Waals surface area contributed by atoms with Crippen LogP contribution in [0.15, 0.2) is 0 Å². The van der Waals surface area contributed by atoms with Crippen molar-refractivity contribution in [3.8, 4) is 0 Å². The zero-order valence-corrected chi connectivity index (χ0v) is 13.9. The second kappa shape index (κ2) is 6.76. The van der Waals surface area contributed by atoms with Gasteiger partial charge in [0.05, 0.1) is 0 Å². The fourth-order valence-electron chi connectivity index (χ4n) is 3.98. The molecular formula is C17H35N3. The molecule has 1 aliphatic carbocycles. The van der Waals surface area contributed by atoms with E-state index in [0.29, 0.717) is 5.41 Å². The second-order valence-corrected chi connectivity index (χ2v) is 8.14. The van der Waals surface area contributed by atoms with E-state index in [-0.39, 0.29) is 5.54 Å². The molecule has 1 saturated carbocycles. The largest absolute Gasteiger partial charge is 0.329 e. The zero-order valence-electron chi connectivity index (χ0n) is 13.9. The van der Waals surface area contributed by atoms with Gasteiger partial charge in [0.2, 0.25) is 0 Å². The van der Waals surface area contributed by atoms with Crippen LogP contribution in [0, 0.1) is 11.3 Å². The lowest BCUT2D eigenvalue weighted by molar-refractivity contribution is 0.0722. The molecule has 1 heterocycles. The molecule has 3 nitrogen and oxygen atoms in total. The van der Waals surface area contributed by atoms with Gasteiger partial charge in [-0.25, -0.2) is 10.4 Å². The standard InChI is InChI=1S/C17H35N3/c1-16(2,3)15-8-7-10-17(14-18,11-9-15)19-20-12-5-4-6-13-20/h15,19H,4-14,18H2,1-3H3. The molecule has 2 fully saturated rings. The van der Waals surface area contributed by atoms with Crippen molar-refractivity contribution in [3.63, 3.8) is 0 Å². The molecule has 2 atom stereocenters. The van der Waals surface area contributed by atoms with Gasteiger partial charge in [-0.15, -0.1) is 0 Å². The zero-order chi connectivity index (χ0) is 14.6. The molecule has 1 saturated heterocycles. The maximum Gasteiger partial charge on any atom is 0.0448 e. The number of hydrogen-bond donors (Lipinski definition) is 2. The number of nitrogens with one attached hydrogen (secondary N) is 1. The fourth-order valence-corrected chi connectivity index (χ4v) is 3.98. The van der Waals surface area contributed by atoms with E-state index in [1.165, 1.54) is 64.5 Å². The van der Waals surface area contributed by atoms with E-state index in [2.05, 4.69) is 31.2 Å². The highest BCUT2D eigenvalue weighted by Gasteiger charge is 2.36. The average Bonchev–Trinajstić information content (AvgIpc) is 2.63. The molecule has 0 aromatic rings. The minimum atomic E-state index is 0.164. The number of nitrogens with zero attached hydrogens (tertiary/aromatic N) is 1. The van der Waals surface area contributed by atoms with Gasteiger partial charge in [0.1, 0.15) is 0 Å². The van der Waals surface area contributed by atoms with E-state index in [4.69, 9.17) is 5.73 Å². The first kappa shape index (κ1) is 16.3. The van der Waals surface area contributed by atoms with Crippen LogP contribution in [0.4, 0.5) is 0 Å². The molecule has 0 amide bonds. The minimum absolute atomic E-state index is 0.164. The quantitative estimate of drug-likeness (QED) is 0.780. The molecule has 2 unspecified atom stereocenters. The summed E-state index contributed by atoms with van der Waals surface area (Å²) in [4.78, 5) is 0. The van der Waals surface area contributed by atoms with Gasteiger partial charge in [-0.05, 0) is 49.9 Å². The number of hydrazine groups is 1. The molecule has 0 spiro atoms. The summed E-state index contributed by atoms with van der Waals surface area (Å²) >= 11 is 0. The number of nitrogens with two attached hydrogens (primary N) is 1. The monoisotopic (exact) mass is 281 g/mol. The first-order valence-corrected chi connectivity index (χ1v) is 8.68. The van der Waals surface area contributed by atoms with Crippen molar-refractivity contribution in [2.24, 2.45) is 17.1 Å². The maximum absolute atomic E-state index is 6.19. The van der Waals surface area contributed by atoms with Gasteiger partial charge < -0.3 is 5.73 Å². The molecule has 1 aliphatic heterocycles. The van der Waals surface area contributed by atoms with Crippen molar-refractivity contribution < 1.29 is 0 Å². The SMILES string of the molecule is CC(C)(C)C1CCCC(CN)(NN2CCCCC2)CC1. The smallest absolute Gasteiger partial charge is 0.0448 e. The molecule has 118 valence electrons. The summed E-state index contributed by atoms with van der Waals surface area (Å²) in [6, 6.07) is 0. The van der Waals surface area contributed by atoms with Crippen molar-refractivity contribution in [1.82, 2.24) is 10.4 Å². The number of hydrogen-bond acceptors (Lipinski definition) is 3. The van der Waals surface area contributed by atoms with Crippen molar-refractivity contribution in [2.45, 2.75) is 77.7 Å². The third-order valence-corrected chi connectivity index (χ3v) is 5.55. The van der Waals surface area contributed by atoms with E-state index in [9.17, 15) is 0 Å². The first-order valence-electron chi connectivity index (χ1n) is 8.68. The van der Waals surface area contributed by atoms with Crippen molar-refractivity contribution in [1.29, 1.82) is 0 Å². The number of rotatable bonds is 3. The van der Waals surface area contributed by atoms with Crippen LogP contribution in [0.25, 0.3) is 0 Å². The molecule has 3 heteroatoms. The van der Waals surface area contributed by atoms with Crippen LogP contribution in [-0.2, 0) is 0 Å². The molecular weight excluding hydrogens is 246 g/mol.